The number of benzene rings is 2. The van der Waals surface area contributed by atoms with E-state index in [-0.39, 0.29) is 16.9 Å². The minimum atomic E-state index is -3.74. The van der Waals surface area contributed by atoms with Gasteiger partial charge in [-0.25, -0.2) is 0 Å². The average molecular weight is 318 g/mol. The molecule has 1 unspecified atom stereocenters. The Morgan fingerprint density at radius 2 is 1.55 bits per heavy atom. The van der Waals surface area contributed by atoms with Crippen LogP contribution in [0.1, 0.15) is 25.0 Å². The highest BCUT2D eigenvalue weighted by Crippen LogP contribution is 2.21. The normalized spacial score (nSPS) is 13.3. The molecule has 2 aromatic carbocycles. The second kappa shape index (κ2) is 7.07. The van der Waals surface area contributed by atoms with E-state index >= 15 is 0 Å². The van der Waals surface area contributed by atoms with E-state index in [0.717, 1.165) is 11.1 Å². The van der Waals surface area contributed by atoms with Crippen LogP contribution >= 0.6 is 0 Å². The van der Waals surface area contributed by atoms with Gasteiger partial charge in [0, 0.05) is 6.42 Å². The van der Waals surface area contributed by atoms with Gasteiger partial charge in [0.25, 0.3) is 10.1 Å². The lowest BCUT2D eigenvalue weighted by molar-refractivity contribution is 0.159. The van der Waals surface area contributed by atoms with Gasteiger partial charge in [-0.05, 0) is 30.5 Å². The molecule has 0 spiro atoms. The van der Waals surface area contributed by atoms with E-state index in [1.54, 1.807) is 24.3 Å². The molecule has 3 nitrogen and oxygen atoms in total. The van der Waals surface area contributed by atoms with E-state index < -0.39 is 10.1 Å². The van der Waals surface area contributed by atoms with Crippen LogP contribution in [0.2, 0.25) is 0 Å². The Morgan fingerprint density at radius 1 is 0.955 bits per heavy atom. The van der Waals surface area contributed by atoms with Crippen molar-refractivity contribution in [2.75, 3.05) is 0 Å². The van der Waals surface area contributed by atoms with Crippen molar-refractivity contribution in [2.45, 2.75) is 38.2 Å². The van der Waals surface area contributed by atoms with Gasteiger partial charge < -0.3 is 0 Å². The Bertz CT molecular complexity index is 689. The molecule has 0 radical (unpaired) electrons. The highest BCUT2D eigenvalue weighted by molar-refractivity contribution is 7.86. The molecule has 0 saturated heterocycles. The maximum atomic E-state index is 12.4. The molecule has 0 aliphatic rings. The monoisotopic (exact) mass is 318 g/mol. The number of aryl methyl sites for hydroxylation is 1. The lowest BCUT2D eigenvalue weighted by Gasteiger charge is -2.21. The van der Waals surface area contributed by atoms with Crippen molar-refractivity contribution in [3.05, 3.63) is 65.7 Å². The highest BCUT2D eigenvalue weighted by atomic mass is 32.2. The Morgan fingerprint density at radius 3 is 2.09 bits per heavy atom. The molecule has 0 fully saturated rings. The van der Waals surface area contributed by atoms with Crippen LogP contribution in [-0.4, -0.2) is 14.5 Å². The summed E-state index contributed by atoms with van der Waals surface area (Å²) in [6, 6.07) is 16.5. The van der Waals surface area contributed by atoms with E-state index in [2.05, 4.69) is 0 Å². The van der Waals surface area contributed by atoms with Crippen molar-refractivity contribution in [2.24, 2.45) is 5.92 Å². The minimum Gasteiger partial charge on any atom is -0.262 e. The van der Waals surface area contributed by atoms with Gasteiger partial charge in [-0.2, -0.15) is 8.42 Å². The van der Waals surface area contributed by atoms with Gasteiger partial charge in [-0.1, -0.05) is 61.9 Å². The first kappa shape index (κ1) is 16.7. The van der Waals surface area contributed by atoms with Crippen LogP contribution in [0.4, 0.5) is 0 Å². The Balaban J connectivity index is 2.18. The van der Waals surface area contributed by atoms with Gasteiger partial charge in [0.05, 0.1) is 11.0 Å². The van der Waals surface area contributed by atoms with E-state index in [9.17, 15) is 8.42 Å². The molecule has 0 aliphatic carbocycles. The first-order chi connectivity index (χ1) is 10.4. The zero-order valence-corrected chi connectivity index (χ0v) is 14.0. The van der Waals surface area contributed by atoms with Crippen LogP contribution in [0.15, 0.2) is 59.5 Å². The third-order valence-electron chi connectivity index (χ3n) is 3.58. The van der Waals surface area contributed by atoms with Crippen LogP contribution < -0.4 is 0 Å². The van der Waals surface area contributed by atoms with Crippen molar-refractivity contribution in [1.29, 1.82) is 0 Å². The molecule has 0 aliphatic heterocycles. The fourth-order valence-electron chi connectivity index (χ4n) is 2.15. The molecule has 0 amide bonds. The maximum Gasteiger partial charge on any atom is 0.297 e. The standard InChI is InChI=1S/C18H22O3S/c1-14(2)18(13-16-7-5-4-6-8-16)21-22(19,20)17-11-9-15(3)10-12-17/h4-12,14,18H,13H2,1-3H3. The van der Waals surface area contributed by atoms with Crippen molar-refractivity contribution < 1.29 is 12.6 Å². The number of hydrogen-bond acceptors (Lipinski definition) is 3. The molecule has 0 N–H and O–H groups in total. The van der Waals surface area contributed by atoms with E-state index in [1.165, 1.54) is 0 Å². The highest BCUT2D eigenvalue weighted by Gasteiger charge is 2.24. The first-order valence-electron chi connectivity index (χ1n) is 7.42. The maximum absolute atomic E-state index is 12.4. The van der Waals surface area contributed by atoms with Crippen molar-refractivity contribution in [1.82, 2.24) is 0 Å². The van der Waals surface area contributed by atoms with Crippen LogP contribution in [0.3, 0.4) is 0 Å². The van der Waals surface area contributed by atoms with Crippen LogP contribution in [0.5, 0.6) is 0 Å². The fraction of sp³-hybridized carbons (Fsp3) is 0.333. The largest absolute Gasteiger partial charge is 0.297 e. The van der Waals surface area contributed by atoms with Crippen LogP contribution in [0.25, 0.3) is 0 Å². The molecule has 0 aromatic heterocycles. The SMILES string of the molecule is Cc1ccc(S(=O)(=O)OC(Cc2ccccc2)C(C)C)cc1. The van der Waals surface area contributed by atoms with Gasteiger partial charge in [0.15, 0.2) is 0 Å². The summed E-state index contributed by atoms with van der Waals surface area (Å²) in [5.74, 6) is 0.0976. The van der Waals surface area contributed by atoms with Gasteiger partial charge in [0.1, 0.15) is 0 Å². The molecular weight excluding hydrogens is 296 g/mol. The summed E-state index contributed by atoms with van der Waals surface area (Å²) in [5, 5.41) is 0. The predicted molar refractivity (Wildman–Crippen MR) is 88.2 cm³/mol. The predicted octanol–water partition coefficient (Wildman–Crippen LogP) is 3.97. The topological polar surface area (TPSA) is 43.4 Å². The molecule has 2 aromatic rings. The molecule has 22 heavy (non-hydrogen) atoms. The summed E-state index contributed by atoms with van der Waals surface area (Å²) >= 11 is 0. The Labute approximate surface area is 133 Å². The molecule has 118 valence electrons. The van der Waals surface area contributed by atoms with Crippen LogP contribution in [0, 0.1) is 12.8 Å². The molecule has 0 heterocycles. The third kappa shape index (κ3) is 4.42. The summed E-state index contributed by atoms with van der Waals surface area (Å²) in [5.41, 5.74) is 2.09. The van der Waals surface area contributed by atoms with Gasteiger partial charge in [-0.3, -0.25) is 4.18 Å². The summed E-state index contributed by atoms with van der Waals surface area (Å²) in [4.78, 5) is 0.205. The zero-order valence-electron chi connectivity index (χ0n) is 13.2. The van der Waals surface area contributed by atoms with Crippen molar-refractivity contribution in [3.63, 3.8) is 0 Å². The summed E-state index contributed by atoms with van der Waals surface area (Å²) in [6.07, 6.45) is 0.192. The average Bonchev–Trinajstić information content (AvgIpc) is 2.48. The molecular formula is C18H22O3S. The molecule has 0 bridgehead atoms. The van der Waals surface area contributed by atoms with E-state index in [0.29, 0.717) is 6.42 Å². The number of rotatable bonds is 6. The fourth-order valence-corrected chi connectivity index (χ4v) is 3.35. The molecule has 4 heteroatoms. The zero-order chi connectivity index (χ0) is 16.2. The first-order valence-corrected chi connectivity index (χ1v) is 8.83. The smallest absolute Gasteiger partial charge is 0.262 e. The molecule has 0 saturated carbocycles. The molecule has 1 atom stereocenters. The van der Waals surface area contributed by atoms with Gasteiger partial charge in [0.2, 0.25) is 0 Å². The second-order valence-electron chi connectivity index (χ2n) is 5.84. The van der Waals surface area contributed by atoms with Gasteiger partial charge >= 0.3 is 0 Å². The quantitative estimate of drug-likeness (QED) is 0.757. The summed E-state index contributed by atoms with van der Waals surface area (Å²) in [6.45, 7) is 5.86. The van der Waals surface area contributed by atoms with Crippen LogP contribution in [-0.2, 0) is 20.7 Å². The lowest BCUT2D eigenvalue weighted by Crippen LogP contribution is -2.26. The van der Waals surface area contributed by atoms with Crippen molar-refractivity contribution in [3.8, 4) is 0 Å². The number of hydrogen-bond donors (Lipinski definition) is 0. The van der Waals surface area contributed by atoms with Crippen molar-refractivity contribution >= 4 is 10.1 Å². The lowest BCUT2D eigenvalue weighted by atomic mass is 9.99. The Hall–Kier alpha value is -1.65. The third-order valence-corrected chi connectivity index (χ3v) is 4.93. The second-order valence-corrected chi connectivity index (χ2v) is 7.41. The van der Waals surface area contributed by atoms with E-state index in [1.807, 2.05) is 51.1 Å². The molecule has 2 rings (SSSR count). The summed E-state index contributed by atoms with van der Waals surface area (Å²) < 4.78 is 30.4. The van der Waals surface area contributed by atoms with Gasteiger partial charge in [-0.15, -0.1) is 0 Å². The minimum absolute atomic E-state index is 0.0976. The van der Waals surface area contributed by atoms with E-state index in [4.69, 9.17) is 4.18 Å². The Kier molecular flexibility index (Phi) is 5.37. The summed E-state index contributed by atoms with van der Waals surface area (Å²) in [7, 11) is -3.74.